The number of ether oxygens (including phenoxy) is 2. The van der Waals surface area contributed by atoms with Crippen LogP contribution in [0.25, 0.3) is 0 Å². The first-order chi connectivity index (χ1) is 7.81. The molecule has 1 aliphatic carbocycles. The van der Waals surface area contributed by atoms with E-state index in [1.165, 1.54) is 12.0 Å². The Bertz CT molecular complexity index is 319. The van der Waals surface area contributed by atoms with Crippen LogP contribution in [-0.4, -0.2) is 18.0 Å². The molecule has 1 aliphatic heterocycles. The van der Waals surface area contributed by atoms with Crippen molar-refractivity contribution in [3.63, 3.8) is 0 Å². The van der Waals surface area contributed by atoms with E-state index in [0.29, 0.717) is 17.8 Å². The summed E-state index contributed by atoms with van der Waals surface area (Å²) in [6.07, 6.45) is 3.70. The molecule has 1 fully saturated rings. The molecule has 0 radical (unpaired) electrons. The minimum atomic E-state index is -0.152. The van der Waals surface area contributed by atoms with Crippen LogP contribution in [0.4, 0.5) is 0 Å². The fourth-order valence-electron chi connectivity index (χ4n) is 3.26. The highest BCUT2D eigenvalue weighted by atomic mass is 16.7. The normalized spacial score (nSPS) is 45.8. The Kier molecular flexibility index (Phi) is 3.39. The van der Waals surface area contributed by atoms with Crippen LogP contribution in [0.15, 0.2) is 11.6 Å². The zero-order valence-corrected chi connectivity index (χ0v) is 12.0. The van der Waals surface area contributed by atoms with Crippen molar-refractivity contribution >= 4 is 0 Å². The fourth-order valence-corrected chi connectivity index (χ4v) is 3.26. The lowest BCUT2D eigenvalue weighted by molar-refractivity contribution is -0.138. The maximum Gasteiger partial charge on any atom is 0.162 e. The van der Waals surface area contributed by atoms with E-state index in [1.807, 2.05) is 0 Å². The van der Waals surface area contributed by atoms with Crippen molar-refractivity contribution in [2.24, 2.45) is 17.8 Å². The van der Waals surface area contributed by atoms with E-state index < -0.39 is 0 Å². The lowest BCUT2D eigenvalue weighted by Crippen LogP contribution is -2.36. The molecular formula is C15H26O2. The summed E-state index contributed by atoms with van der Waals surface area (Å²) in [5.41, 5.74) is 1.35. The summed E-state index contributed by atoms with van der Waals surface area (Å²) in [7, 11) is 0. The van der Waals surface area contributed by atoms with Gasteiger partial charge in [-0.05, 0) is 46.0 Å². The van der Waals surface area contributed by atoms with E-state index in [4.69, 9.17) is 9.47 Å². The number of hydrogen-bond donors (Lipinski definition) is 0. The van der Waals surface area contributed by atoms with Crippen molar-refractivity contribution in [3.8, 4) is 0 Å². The van der Waals surface area contributed by atoms with Crippen LogP contribution in [0.3, 0.4) is 0 Å². The smallest absolute Gasteiger partial charge is 0.162 e. The summed E-state index contributed by atoms with van der Waals surface area (Å²) in [6, 6.07) is 0. The lowest BCUT2D eigenvalue weighted by Gasteiger charge is -2.36. The van der Waals surface area contributed by atoms with E-state index in [1.54, 1.807) is 0 Å². The third-order valence-corrected chi connectivity index (χ3v) is 4.51. The van der Waals surface area contributed by atoms with Crippen molar-refractivity contribution in [2.45, 2.75) is 66.0 Å². The standard InChI is InChI=1S/C15H26O2/c1-9-7-10(2)13(11(3)8-9)14-16-12(4)15(5,6)17-14/h7,10-14H,8H2,1-6H3/t10-,11-,12+,13+,14+/m1/s1. The Morgan fingerprint density at radius 3 is 2.35 bits per heavy atom. The number of allylic oxidation sites excluding steroid dienone is 2. The zero-order chi connectivity index (χ0) is 12.8. The molecule has 0 aromatic carbocycles. The van der Waals surface area contributed by atoms with Gasteiger partial charge in [0.2, 0.25) is 0 Å². The molecule has 0 aromatic rings. The third-order valence-electron chi connectivity index (χ3n) is 4.51. The van der Waals surface area contributed by atoms with Crippen LogP contribution in [-0.2, 0) is 9.47 Å². The van der Waals surface area contributed by atoms with Gasteiger partial charge in [-0.15, -0.1) is 0 Å². The molecule has 1 saturated heterocycles. The molecule has 0 saturated carbocycles. The Morgan fingerprint density at radius 1 is 1.24 bits per heavy atom. The van der Waals surface area contributed by atoms with Gasteiger partial charge in [0.25, 0.3) is 0 Å². The Hall–Kier alpha value is -0.340. The highest BCUT2D eigenvalue weighted by molar-refractivity contribution is 5.09. The average Bonchev–Trinajstić information content (AvgIpc) is 2.38. The third kappa shape index (κ3) is 2.43. The van der Waals surface area contributed by atoms with Crippen molar-refractivity contribution in [2.75, 3.05) is 0 Å². The maximum atomic E-state index is 6.13. The second-order valence-electron chi connectivity index (χ2n) is 6.50. The van der Waals surface area contributed by atoms with Crippen molar-refractivity contribution in [3.05, 3.63) is 11.6 Å². The Balaban J connectivity index is 2.14. The average molecular weight is 238 g/mol. The highest BCUT2D eigenvalue weighted by Gasteiger charge is 2.46. The summed E-state index contributed by atoms with van der Waals surface area (Å²) in [5.74, 6) is 1.67. The van der Waals surface area contributed by atoms with Crippen LogP contribution in [0.5, 0.6) is 0 Å². The van der Waals surface area contributed by atoms with Crippen LogP contribution in [0.1, 0.15) is 48.0 Å². The molecular weight excluding hydrogens is 212 g/mol. The minimum absolute atomic E-state index is 0.0330. The second kappa shape index (κ2) is 4.40. The van der Waals surface area contributed by atoms with Crippen molar-refractivity contribution in [1.82, 2.24) is 0 Å². The second-order valence-corrected chi connectivity index (χ2v) is 6.50. The van der Waals surface area contributed by atoms with Crippen LogP contribution < -0.4 is 0 Å². The summed E-state index contributed by atoms with van der Waals surface area (Å²) in [4.78, 5) is 0. The summed E-state index contributed by atoms with van der Waals surface area (Å²) in [5, 5.41) is 0. The zero-order valence-electron chi connectivity index (χ0n) is 12.0. The molecule has 0 aromatic heterocycles. The molecule has 0 unspecified atom stereocenters. The first-order valence-corrected chi connectivity index (χ1v) is 6.82. The number of hydrogen-bond acceptors (Lipinski definition) is 2. The molecule has 0 amide bonds. The monoisotopic (exact) mass is 238 g/mol. The first-order valence-electron chi connectivity index (χ1n) is 6.82. The maximum absolute atomic E-state index is 6.13. The van der Waals surface area contributed by atoms with E-state index in [0.717, 1.165) is 0 Å². The molecule has 2 nitrogen and oxygen atoms in total. The summed E-state index contributed by atoms with van der Waals surface area (Å²) < 4.78 is 12.2. The minimum Gasteiger partial charge on any atom is -0.346 e. The van der Waals surface area contributed by atoms with E-state index in [2.05, 4.69) is 47.6 Å². The van der Waals surface area contributed by atoms with Gasteiger partial charge in [-0.3, -0.25) is 0 Å². The SMILES string of the molecule is CC1=C[C@@H](C)[C@H]([C@H]2O[C@@H](C)C(C)(C)O2)[C@H](C)C1. The lowest BCUT2D eigenvalue weighted by atomic mass is 9.74. The van der Waals surface area contributed by atoms with Crippen molar-refractivity contribution in [1.29, 1.82) is 0 Å². The molecule has 1 heterocycles. The van der Waals surface area contributed by atoms with Gasteiger partial charge in [-0.25, -0.2) is 0 Å². The predicted octanol–water partition coefficient (Wildman–Crippen LogP) is 3.76. The Morgan fingerprint density at radius 2 is 1.88 bits per heavy atom. The summed E-state index contributed by atoms with van der Waals surface area (Å²) >= 11 is 0. The van der Waals surface area contributed by atoms with Gasteiger partial charge in [-0.1, -0.05) is 25.5 Å². The van der Waals surface area contributed by atoms with Crippen LogP contribution in [0.2, 0.25) is 0 Å². The van der Waals surface area contributed by atoms with Crippen LogP contribution >= 0.6 is 0 Å². The van der Waals surface area contributed by atoms with Gasteiger partial charge < -0.3 is 9.47 Å². The molecule has 2 rings (SSSR count). The van der Waals surface area contributed by atoms with Gasteiger partial charge >= 0.3 is 0 Å². The Labute approximate surface area is 105 Å². The summed E-state index contributed by atoms with van der Waals surface area (Å²) in [6.45, 7) is 13.2. The van der Waals surface area contributed by atoms with Gasteiger partial charge in [0.05, 0.1) is 11.7 Å². The first kappa shape index (κ1) is 13.1. The van der Waals surface area contributed by atoms with Crippen molar-refractivity contribution < 1.29 is 9.47 Å². The van der Waals surface area contributed by atoms with Gasteiger partial charge in [-0.2, -0.15) is 0 Å². The fraction of sp³-hybridized carbons (Fsp3) is 0.867. The quantitative estimate of drug-likeness (QED) is 0.647. The molecule has 0 N–H and O–H groups in total. The van der Waals surface area contributed by atoms with E-state index in [9.17, 15) is 0 Å². The molecule has 2 aliphatic rings. The molecule has 0 spiro atoms. The molecule has 17 heavy (non-hydrogen) atoms. The van der Waals surface area contributed by atoms with Gasteiger partial charge in [0, 0.05) is 5.92 Å². The highest BCUT2D eigenvalue weighted by Crippen LogP contribution is 2.42. The van der Waals surface area contributed by atoms with Gasteiger partial charge in [0.1, 0.15) is 0 Å². The van der Waals surface area contributed by atoms with E-state index in [-0.39, 0.29) is 18.0 Å². The molecule has 0 bridgehead atoms. The van der Waals surface area contributed by atoms with E-state index >= 15 is 0 Å². The predicted molar refractivity (Wildman–Crippen MR) is 69.7 cm³/mol. The largest absolute Gasteiger partial charge is 0.346 e. The topological polar surface area (TPSA) is 18.5 Å². The van der Waals surface area contributed by atoms with Crippen LogP contribution in [0, 0.1) is 17.8 Å². The molecule has 5 atom stereocenters. The molecule has 2 heteroatoms. The molecule has 98 valence electrons. The van der Waals surface area contributed by atoms with Gasteiger partial charge in [0.15, 0.2) is 6.29 Å². The number of rotatable bonds is 1.